The van der Waals surface area contributed by atoms with Gasteiger partial charge in [-0.1, -0.05) is 29.8 Å². The molecule has 5 nitrogen and oxygen atoms in total. The summed E-state index contributed by atoms with van der Waals surface area (Å²) in [4.78, 5) is 22.1. The van der Waals surface area contributed by atoms with Crippen LogP contribution in [0.25, 0.3) is 0 Å². The van der Waals surface area contributed by atoms with Crippen molar-refractivity contribution in [3.8, 4) is 0 Å². The number of benzene rings is 2. The van der Waals surface area contributed by atoms with Gasteiger partial charge in [0.15, 0.2) is 0 Å². The molecule has 0 fully saturated rings. The summed E-state index contributed by atoms with van der Waals surface area (Å²) in [7, 11) is 0. The van der Waals surface area contributed by atoms with Gasteiger partial charge < -0.3 is 5.32 Å². The van der Waals surface area contributed by atoms with Crippen molar-refractivity contribution < 1.29 is 9.72 Å². The van der Waals surface area contributed by atoms with E-state index in [0.717, 1.165) is 11.1 Å². The number of hydrogen-bond acceptors (Lipinski definition) is 3. The molecule has 0 saturated carbocycles. The Kier molecular flexibility index (Phi) is 4.66. The molecular formula is C16H16N2O3. The molecule has 2 aromatic rings. The predicted molar refractivity (Wildman–Crippen MR) is 80.3 cm³/mol. The highest BCUT2D eigenvalue weighted by molar-refractivity contribution is 5.94. The number of carbonyl (C=O) groups excluding carboxylic acids is 1. The van der Waals surface area contributed by atoms with Crippen LogP contribution in [-0.2, 0) is 6.42 Å². The second kappa shape index (κ2) is 6.65. The first-order chi connectivity index (χ1) is 10.1. The van der Waals surface area contributed by atoms with Gasteiger partial charge in [-0.2, -0.15) is 0 Å². The average molecular weight is 284 g/mol. The second-order valence-corrected chi connectivity index (χ2v) is 4.80. The highest BCUT2D eigenvalue weighted by Crippen LogP contribution is 2.12. The molecule has 0 aliphatic heterocycles. The number of rotatable bonds is 5. The first-order valence-corrected chi connectivity index (χ1v) is 6.64. The lowest BCUT2D eigenvalue weighted by Crippen LogP contribution is -2.25. The fourth-order valence-electron chi connectivity index (χ4n) is 1.99. The van der Waals surface area contributed by atoms with Gasteiger partial charge in [-0.3, -0.25) is 14.9 Å². The third kappa shape index (κ3) is 4.14. The van der Waals surface area contributed by atoms with Gasteiger partial charge in [-0.05, 0) is 31.0 Å². The Morgan fingerprint density at radius 2 is 1.90 bits per heavy atom. The number of non-ortho nitro benzene ring substituents is 1. The summed E-state index contributed by atoms with van der Waals surface area (Å²) in [6.45, 7) is 2.43. The van der Waals surface area contributed by atoms with E-state index < -0.39 is 4.92 Å². The number of nitrogens with zero attached hydrogens (tertiary/aromatic N) is 1. The van der Waals surface area contributed by atoms with Crippen LogP contribution in [0.2, 0.25) is 0 Å². The fraction of sp³-hybridized carbons (Fsp3) is 0.188. The molecule has 2 aromatic carbocycles. The Bertz CT molecular complexity index is 651. The van der Waals surface area contributed by atoms with Gasteiger partial charge in [0.05, 0.1) is 4.92 Å². The Labute approximate surface area is 122 Å². The van der Waals surface area contributed by atoms with Crippen LogP contribution in [0.1, 0.15) is 21.5 Å². The fourth-order valence-corrected chi connectivity index (χ4v) is 1.99. The normalized spacial score (nSPS) is 10.1. The molecule has 0 bridgehead atoms. The average Bonchev–Trinajstić information content (AvgIpc) is 2.47. The Hall–Kier alpha value is -2.69. The van der Waals surface area contributed by atoms with Crippen molar-refractivity contribution in [2.24, 2.45) is 0 Å². The van der Waals surface area contributed by atoms with Crippen LogP contribution in [0.3, 0.4) is 0 Å². The summed E-state index contributed by atoms with van der Waals surface area (Å²) in [6.07, 6.45) is 0.634. The summed E-state index contributed by atoms with van der Waals surface area (Å²) in [5.74, 6) is -0.111. The number of nitro benzene ring substituents is 1. The van der Waals surface area contributed by atoms with Gasteiger partial charge in [0.2, 0.25) is 0 Å². The molecular weight excluding hydrogens is 268 g/mol. The Morgan fingerprint density at radius 1 is 1.19 bits per heavy atom. The predicted octanol–water partition coefficient (Wildman–Crippen LogP) is 2.88. The van der Waals surface area contributed by atoms with E-state index in [-0.39, 0.29) is 11.6 Å². The van der Waals surface area contributed by atoms with E-state index in [4.69, 9.17) is 0 Å². The minimum absolute atomic E-state index is 0.0718. The lowest BCUT2D eigenvalue weighted by Gasteiger charge is -2.06. The topological polar surface area (TPSA) is 72.2 Å². The molecule has 5 heteroatoms. The molecule has 108 valence electrons. The zero-order chi connectivity index (χ0) is 15.2. The number of hydrogen-bond donors (Lipinski definition) is 1. The van der Waals surface area contributed by atoms with E-state index in [0.29, 0.717) is 18.5 Å². The van der Waals surface area contributed by atoms with E-state index >= 15 is 0 Å². The first-order valence-electron chi connectivity index (χ1n) is 6.64. The van der Waals surface area contributed by atoms with Gasteiger partial charge in [0.1, 0.15) is 0 Å². The van der Waals surface area contributed by atoms with E-state index in [1.165, 1.54) is 12.1 Å². The quantitative estimate of drug-likeness (QED) is 0.677. The Balaban J connectivity index is 1.86. The van der Waals surface area contributed by atoms with Gasteiger partial charge in [-0.25, -0.2) is 0 Å². The van der Waals surface area contributed by atoms with Gasteiger partial charge in [0.25, 0.3) is 11.6 Å². The standard InChI is InChI=1S/C16H16N2O3/c1-12-3-2-4-14(11-12)16(19)17-10-9-13-5-7-15(8-6-13)18(20)21/h2-8,11H,9-10H2,1H3,(H,17,19). The third-order valence-corrected chi connectivity index (χ3v) is 3.13. The van der Waals surface area contributed by atoms with Crippen LogP contribution >= 0.6 is 0 Å². The molecule has 0 unspecified atom stereocenters. The number of carbonyl (C=O) groups is 1. The van der Waals surface area contributed by atoms with Crippen molar-refractivity contribution in [1.29, 1.82) is 0 Å². The Morgan fingerprint density at radius 3 is 2.52 bits per heavy atom. The maximum Gasteiger partial charge on any atom is 0.269 e. The minimum Gasteiger partial charge on any atom is -0.352 e. The van der Waals surface area contributed by atoms with Crippen LogP contribution < -0.4 is 5.32 Å². The molecule has 0 aliphatic rings. The number of nitrogens with one attached hydrogen (secondary N) is 1. The molecule has 0 aromatic heterocycles. The van der Waals surface area contributed by atoms with Crippen molar-refractivity contribution in [2.75, 3.05) is 6.54 Å². The van der Waals surface area contributed by atoms with E-state index in [2.05, 4.69) is 5.32 Å². The van der Waals surface area contributed by atoms with Crippen LogP contribution in [-0.4, -0.2) is 17.4 Å². The number of aryl methyl sites for hydroxylation is 1. The van der Waals surface area contributed by atoms with Crippen LogP contribution in [0.5, 0.6) is 0 Å². The van der Waals surface area contributed by atoms with E-state index in [1.807, 2.05) is 25.1 Å². The lowest BCUT2D eigenvalue weighted by atomic mass is 10.1. The molecule has 0 heterocycles. The summed E-state index contributed by atoms with van der Waals surface area (Å²) in [6, 6.07) is 13.7. The van der Waals surface area contributed by atoms with Gasteiger partial charge in [0, 0.05) is 24.2 Å². The van der Waals surface area contributed by atoms with Crippen molar-refractivity contribution in [3.63, 3.8) is 0 Å². The monoisotopic (exact) mass is 284 g/mol. The lowest BCUT2D eigenvalue weighted by molar-refractivity contribution is -0.384. The molecule has 0 radical (unpaired) electrons. The molecule has 2 rings (SSSR count). The summed E-state index contributed by atoms with van der Waals surface area (Å²) in [5, 5.41) is 13.4. The molecule has 21 heavy (non-hydrogen) atoms. The maximum absolute atomic E-state index is 11.9. The molecule has 0 aliphatic carbocycles. The van der Waals surface area contributed by atoms with E-state index in [1.54, 1.807) is 18.2 Å². The zero-order valence-electron chi connectivity index (χ0n) is 11.7. The molecule has 1 amide bonds. The largest absolute Gasteiger partial charge is 0.352 e. The van der Waals surface area contributed by atoms with Crippen molar-refractivity contribution in [2.45, 2.75) is 13.3 Å². The first kappa shape index (κ1) is 14.7. The summed E-state index contributed by atoms with van der Waals surface area (Å²) >= 11 is 0. The second-order valence-electron chi connectivity index (χ2n) is 4.80. The van der Waals surface area contributed by atoms with Crippen molar-refractivity contribution in [3.05, 3.63) is 75.3 Å². The van der Waals surface area contributed by atoms with Gasteiger partial charge in [-0.15, -0.1) is 0 Å². The van der Waals surface area contributed by atoms with Gasteiger partial charge >= 0.3 is 0 Å². The van der Waals surface area contributed by atoms with Crippen molar-refractivity contribution in [1.82, 2.24) is 5.32 Å². The summed E-state index contributed by atoms with van der Waals surface area (Å²) < 4.78 is 0. The third-order valence-electron chi connectivity index (χ3n) is 3.13. The molecule has 0 saturated heterocycles. The highest BCUT2D eigenvalue weighted by Gasteiger charge is 2.06. The van der Waals surface area contributed by atoms with Crippen LogP contribution in [0.15, 0.2) is 48.5 Å². The van der Waals surface area contributed by atoms with Crippen LogP contribution in [0.4, 0.5) is 5.69 Å². The zero-order valence-corrected chi connectivity index (χ0v) is 11.7. The SMILES string of the molecule is Cc1cccc(C(=O)NCCc2ccc([N+](=O)[O-])cc2)c1. The maximum atomic E-state index is 11.9. The summed E-state index contributed by atoms with van der Waals surface area (Å²) in [5.41, 5.74) is 2.70. The number of nitro groups is 1. The smallest absolute Gasteiger partial charge is 0.269 e. The van der Waals surface area contributed by atoms with Crippen LogP contribution in [0, 0.1) is 17.0 Å². The molecule has 0 spiro atoms. The van der Waals surface area contributed by atoms with Crippen molar-refractivity contribution >= 4 is 11.6 Å². The highest BCUT2D eigenvalue weighted by atomic mass is 16.6. The molecule has 0 atom stereocenters. The minimum atomic E-state index is -0.427. The molecule has 1 N–H and O–H groups in total. The number of amides is 1. The van der Waals surface area contributed by atoms with E-state index in [9.17, 15) is 14.9 Å².